The van der Waals surface area contributed by atoms with Crippen LogP contribution in [-0.2, 0) is 13.2 Å². The summed E-state index contributed by atoms with van der Waals surface area (Å²) in [6.07, 6.45) is 9.03. The molecule has 0 bridgehead atoms. The molecule has 6 heteroatoms. The van der Waals surface area contributed by atoms with Crippen molar-refractivity contribution in [2.45, 2.75) is 19.1 Å². The van der Waals surface area contributed by atoms with Gasteiger partial charge in [0.05, 0.1) is 24.4 Å². The molecule has 0 fully saturated rings. The quantitative estimate of drug-likeness (QED) is 0.244. The average molecular weight is 487 g/mol. The van der Waals surface area contributed by atoms with E-state index in [-0.39, 0.29) is 12.5 Å². The van der Waals surface area contributed by atoms with Crippen LogP contribution in [-0.4, -0.2) is 26.6 Å². The molecule has 5 rings (SSSR count). The monoisotopic (exact) mass is 486 g/mol. The summed E-state index contributed by atoms with van der Waals surface area (Å²) in [5.41, 5.74) is 5.13. The van der Waals surface area contributed by atoms with Gasteiger partial charge in [0.2, 0.25) is 0 Å². The van der Waals surface area contributed by atoms with Crippen LogP contribution in [0.4, 0.5) is 0 Å². The van der Waals surface area contributed by atoms with E-state index in [0.717, 1.165) is 34.0 Å². The van der Waals surface area contributed by atoms with Gasteiger partial charge in [0.1, 0.15) is 30.4 Å². The van der Waals surface area contributed by atoms with Gasteiger partial charge < -0.3 is 9.47 Å². The molecule has 5 aromatic rings. The van der Waals surface area contributed by atoms with Crippen LogP contribution >= 0.6 is 0 Å². The number of pyridine rings is 1. The molecule has 0 aliphatic heterocycles. The summed E-state index contributed by atoms with van der Waals surface area (Å²) in [4.78, 5) is 4.63. The van der Waals surface area contributed by atoms with Crippen molar-refractivity contribution in [3.05, 3.63) is 138 Å². The molecule has 0 aliphatic rings. The van der Waals surface area contributed by atoms with Crippen molar-refractivity contribution in [2.24, 2.45) is 0 Å². The molecule has 37 heavy (non-hydrogen) atoms. The molecule has 1 unspecified atom stereocenters. The van der Waals surface area contributed by atoms with E-state index in [4.69, 9.17) is 15.9 Å². The summed E-state index contributed by atoms with van der Waals surface area (Å²) in [6, 6.07) is 32.2. The van der Waals surface area contributed by atoms with E-state index in [1.165, 1.54) is 5.56 Å². The molecule has 0 spiro atoms. The second kappa shape index (κ2) is 11.7. The highest BCUT2D eigenvalue weighted by Gasteiger charge is 2.18. The lowest BCUT2D eigenvalue weighted by Gasteiger charge is -2.18. The van der Waals surface area contributed by atoms with Crippen molar-refractivity contribution in [2.75, 3.05) is 6.61 Å². The maximum absolute atomic E-state index is 5.99. The standard InChI is InChI=1S/C31H26N4O2/c1-2-20-36-28-15-11-25(12-16-28)31(30-10-6-7-19-32-30)26-13-17-29(18-14-26)37-23-27-22-35(34-33-27)21-24-8-4-3-5-9-24/h1,3-19,22,31H,20-21,23H2. The predicted molar refractivity (Wildman–Crippen MR) is 142 cm³/mol. The molecule has 0 aliphatic carbocycles. The van der Waals surface area contributed by atoms with Gasteiger partial charge in [0.25, 0.3) is 0 Å². The average Bonchev–Trinajstić information content (AvgIpc) is 3.40. The van der Waals surface area contributed by atoms with Gasteiger partial charge in [-0.05, 0) is 53.1 Å². The number of ether oxygens (including phenoxy) is 2. The molecule has 3 aromatic carbocycles. The Bertz CT molecular complexity index is 1440. The Balaban J connectivity index is 1.28. The van der Waals surface area contributed by atoms with Crippen molar-refractivity contribution < 1.29 is 9.47 Å². The zero-order chi connectivity index (χ0) is 25.3. The van der Waals surface area contributed by atoms with E-state index in [1.807, 2.05) is 89.9 Å². The molecule has 0 radical (unpaired) electrons. The molecule has 1 atom stereocenters. The third kappa shape index (κ3) is 6.22. The van der Waals surface area contributed by atoms with E-state index in [9.17, 15) is 0 Å². The smallest absolute Gasteiger partial charge is 0.148 e. The summed E-state index contributed by atoms with van der Waals surface area (Å²) in [5.74, 6) is 3.96. The van der Waals surface area contributed by atoms with E-state index in [2.05, 4.69) is 45.5 Å². The summed E-state index contributed by atoms with van der Waals surface area (Å²) in [5, 5.41) is 8.45. The molecule has 0 N–H and O–H groups in total. The first-order valence-corrected chi connectivity index (χ1v) is 12.0. The van der Waals surface area contributed by atoms with Gasteiger partial charge in [-0.15, -0.1) is 11.5 Å². The fourth-order valence-electron chi connectivity index (χ4n) is 4.13. The first kappa shape index (κ1) is 23.8. The van der Waals surface area contributed by atoms with E-state index in [0.29, 0.717) is 13.2 Å². The van der Waals surface area contributed by atoms with Gasteiger partial charge >= 0.3 is 0 Å². The minimum absolute atomic E-state index is 0.0326. The SMILES string of the molecule is C#CCOc1ccc(C(c2ccc(OCc3cn(Cc4ccccc4)nn3)cc2)c2ccccn2)cc1. The van der Waals surface area contributed by atoms with E-state index < -0.39 is 0 Å². The summed E-state index contributed by atoms with van der Waals surface area (Å²) < 4.78 is 13.3. The first-order chi connectivity index (χ1) is 18.3. The van der Waals surface area contributed by atoms with Crippen LogP contribution < -0.4 is 9.47 Å². The summed E-state index contributed by atoms with van der Waals surface area (Å²) in [7, 11) is 0. The molecule has 0 amide bonds. The molecule has 0 saturated heterocycles. The third-order valence-electron chi connectivity index (χ3n) is 5.89. The molecular weight excluding hydrogens is 460 g/mol. The number of hydrogen-bond donors (Lipinski definition) is 0. The number of aromatic nitrogens is 4. The minimum Gasteiger partial charge on any atom is -0.487 e. The molecule has 6 nitrogen and oxygen atoms in total. The Morgan fingerprint density at radius 3 is 2.11 bits per heavy atom. The van der Waals surface area contributed by atoms with Gasteiger partial charge in [-0.25, -0.2) is 4.68 Å². The van der Waals surface area contributed by atoms with Gasteiger partial charge in [-0.3, -0.25) is 4.98 Å². The molecule has 182 valence electrons. The Labute approximate surface area is 216 Å². The van der Waals surface area contributed by atoms with Gasteiger partial charge in [0, 0.05) is 6.20 Å². The Morgan fingerprint density at radius 2 is 1.46 bits per heavy atom. The number of terminal acetylenes is 1. The van der Waals surface area contributed by atoms with Crippen LogP contribution in [0, 0.1) is 12.3 Å². The van der Waals surface area contributed by atoms with Gasteiger partial charge in [-0.1, -0.05) is 71.8 Å². The maximum atomic E-state index is 5.99. The van der Waals surface area contributed by atoms with E-state index >= 15 is 0 Å². The van der Waals surface area contributed by atoms with Crippen molar-refractivity contribution >= 4 is 0 Å². The van der Waals surface area contributed by atoms with Crippen LogP contribution in [0.3, 0.4) is 0 Å². The number of nitrogens with zero attached hydrogens (tertiary/aromatic N) is 4. The third-order valence-corrected chi connectivity index (χ3v) is 5.89. The Kier molecular flexibility index (Phi) is 7.53. The summed E-state index contributed by atoms with van der Waals surface area (Å²) in [6.45, 7) is 1.26. The molecule has 0 saturated carbocycles. The normalized spacial score (nSPS) is 11.4. The highest BCUT2D eigenvalue weighted by molar-refractivity contribution is 5.43. The Hall–Kier alpha value is -4.89. The van der Waals surface area contributed by atoms with Crippen LogP contribution in [0.25, 0.3) is 0 Å². The highest BCUT2D eigenvalue weighted by atomic mass is 16.5. The van der Waals surface area contributed by atoms with Crippen molar-refractivity contribution in [1.82, 2.24) is 20.0 Å². The van der Waals surface area contributed by atoms with E-state index in [1.54, 1.807) is 0 Å². The second-order valence-corrected chi connectivity index (χ2v) is 8.50. The molecule has 2 heterocycles. The van der Waals surface area contributed by atoms with Crippen molar-refractivity contribution in [3.8, 4) is 23.8 Å². The number of hydrogen-bond acceptors (Lipinski definition) is 5. The molecule has 2 aromatic heterocycles. The maximum Gasteiger partial charge on any atom is 0.148 e. The lowest BCUT2D eigenvalue weighted by atomic mass is 9.88. The lowest BCUT2D eigenvalue weighted by molar-refractivity contribution is 0.301. The topological polar surface area (TPSA) is 62.1 Å². The summed E-state index contributed by atoms with van der Waals surface area (Å²) >= 11 is 0. The van der Waals surface area contributed by atoms with Gasteiger partial charge in [-0.2, -0.15) is 0 Å². The van der Waals surface area contributed by atoms with Crippen molar-refractivity contribution in [3.63, 3.8) is 0 Å². The lowest BCUT2D eigenvalue weighted by Crippen LogP contribution is -2.06. The van der Waals surface area contributed by atoms with Crippen LogP contribution in [0.1, 0.15) is 34.0 Å². The predicted octanol–water partition coefficient (Wildman–Crippen LogP) is 5.49. The number of benzene rings is 3. The van der Waals surface area contributed by atoms with Gasteiger partial charge in [0.15, 0.2) is 0 Å². The fraction of sp³-hybridized carbons (Fsp3) is 0.129. The van der Waals surface area contributed by atoms with Crippen LogP contribution in [0.2, 0.25) is 0 Å². The highest BCUT2D eigenvalue weighted by Crippen LogP contribution is 2.32. The largest absolute Gasteiger partial charge is 0.487 e. The van der Waals surface area contributed by atoms with Crippen molar-refractivity contribution in [1.29, 1.82) is 0 Å². The van der Waals surface area contributed by atoms with Crippen LogP contribution in [0.5, 0.6) is 11.5 Å². The zero-order valence-electron chi connectivity index (χ0n) is 20.3. The second-order valence-electron chi connectivity index (χ2n) is 8.50. The number of rotatable bonds is 10. The fourth-order valence-corrected chi connectivity index (χ4v) is 4.13. The Morgan fingerprint density at radius 1 is 0.784 bits per heavy atom. The zero-order valence-corrected chi connectivity index (χ0v) is 20.3. The first-order valence-electron chi connectivity index (χ1n) is 12.0. The molecular formula is C31H26N4O2. The van der Waals surface area contributed by atoms with Crippen LogP contribution in [0.15, 0.2) is 109 Å². The minimum atomic E-state index is -0.0326.